The average molecular weight is 241 g/mol. The Morgan fingerprint density at radius 2 is 1.92 bits per heavy atom. The molecule has 0 aliphatic heterocycles. The van der Waals surface area contributed by atoms with E-state index in [2.05, 4.69) is 40.2 Å². The van der Waals surface area contributed by atoms with Gasteiger partial charge < -0.3 is 4.74 Å². The van der Waals surface area contributed by atoms with Gasteiger partial charge in [0.15, 0.2) is 0 Å². The minimum atomic E-state index is 0.754. The lowest BCUT2D eigenvalue weighted by Gasteiger charge is -2.02. The first kappa shape index (κ1) is 9.22. The summed E-state index contributed by atoms with van der Waals surface area (Å²) in [7, 11) is 0. The first-order chi connectivity index (χ1) is 6.34. The Kier molecular flexibility index (Phi) is 3.01. The fraction of sp³-hybridized carbons (Fsp3) is 0.455. The summed E-state index contributed by atoms with van der Waals surface area (Å²) in [5, 5.41) is 0. The second-order valence-electron chi connectivity index (χ2n) is 3.58. The lowest BCUT2D eigenvalue weighted by atomic mass is 10.2. The van der Waals surface area contributed by atoms with Gasteiger partial charge in [-0.2, -0.15) is 0 Å². The molecule has 13 heavy (non-hydrogen) atoms. The van der Waals surface area contributed by atoms with Gasteiger partial charge in [-0.05, 0) is 36.5 Å². The van der Waals surface area contributed by atoms with Crippen molar-refractivity contribution in [3.63, 3.8) is 0 Å². The third-order valence-corrected chi connectivity index (χ3v) is 2.76. The van der Waals surface area contributed by atoms with Crippen LogP contribution in [-0.4, -0.2) is 6.61 Å². The van der Waals surface area contributed by atoms with Crippen molar-refractivity contribution in [2.45, 2.75) is 19.4 Å². The number of halogens is 1. The first-order valence-corrected chi connectivity index (χ1v) is 5.46. The monoisotopic (exact) mass is 240 g/mol. The van der Waals surface area contributed by atoms with Gasteiger partial charge in [0.05, 0.1) is 6.61 Å². The van der Waals surface area contributed by atoms with Crippen LogP contribution in [0.15, 0.2) is 28.7 Å². The quantitative estimate of drug-likeness (QED) is 0.785. The van der Waals surface area contributed by atoms with E-state index >= 15 is 0 Å². The molecule has 0 N–H and O–H groups in total. The zero-order valence-electron chi connectivity index (χ0n) is 7.50. The molecule has 0 amide bonds. The zero-order valence-corrected chi connectivity index (χ0v) is 9.09. The third kappa shape index (κ3) is 3.12. The number of ether oxygens (including phenoxy) is 1. The molecule has 70 valence electrons. The van der Waals surface area contributed by atoms with Gasteiger partial charge >= 0.3 is 0 Å². The average Bonchev–Trinajstić information content (AvgIpc) is 2.92. The smallest absolute Gasteiger partial charge is 0.0717 e. The molecule has 0 saturated heterocycles. The summed E-state index contributed by atoms with van der Waals surface area (Å²) < 4.78 is 6.69. The number of hydrogen-bond donors (Lipinski definition) is 0. The highest BCUT2D eigenvalue weighted by Gasteiger charge is 2.20. The van der Waals surface area contributed by atoms with Gasteiger partial charge in [-0.15, -0.1) is 0 Å². The highest BCUT2D eigenvalue weighted by molar-refractivity contribution is 9.10. The summed E-state index contributed by atoms with van der Waals surface area (Å²) in [6.07, 6.45) is 2.72. The van der Waals surface area contributed by atoms with Crippen molar-refractivity contribution in [2.75, 3.05) is 6.61 Å². The minimum absolute atomic E-state index is 0.754. The molecule has 0 aromatic heterocycles. The molecule has 0 heterocycles. The SMILES string of the molecule is Brc1ccc(COCC2CC2)cc1. The van der Waals surface area contributed by atoms with Crippen molar-refractivity contribution in [1.29, 1.82) is 0 Å². The molecular weight excluding hydrogens is 228 g/mol. The summed E-state index contributed by atoms with van der Waals surface area (Å²) in [5.74, 6) is 0.857. The van der Waals surface area contributed by atoms with Crippen LogP contribution in [-0.2, 0) is 11.3 Å². The highest BCUT2D eigenvalue weighted by Crippen LogP contribution is 2.29. The van der Waals surface area contributed by atoms with E-state index in [0.717, 1.165) is 23.6 Å². The molecule has 1 aromatic carbocycles. The van der Waals surface area contributed by atoms with E-state index < -0.39 is 0 Å². The predicted molar refractivity (Wildman–Crippen MR) is 56.5 cm³/mol. The molecule has 0 bridgehead atoms. The molecule has 0 spiro atoms. The van der Waals surface area contributed by atoms with E-state index in [1.54, 1.807) is 0 Å². The summed E-state index contributed by atoms with van der Waals surface area (Å²) in [4.78, 5) is 0. The van der Waals surface area contributed by atoms with E-state index in [0.29, 0.717) is 0 Å². The van der Waals surface area contributed by atoms with Gasteiger partial charge in [0.1, 0.15) is 0 Å². The second-order valence-corrected chi connectivity index (χ2v) is 4.50. The van der Waals surface area contributed by atoms with Crippen molar-refractivity contribution >= 4 is 15.9 Å². The molecule has 1 aromatic rings. The van der Waals surface area contributed by atoms with E-state index in [4.69, 9.17) is 4.74 Å². The molecule has 0 unspecified atom stereocenters. The number of rotatable bonds is 4. The fourth-order valence-corrected chi connectivity index (χ4v) is 1.47. The Bertz CT molecular complexity index is 264. The molecule has 1 aliphatic carbocycles. The zero-order chi connectivity index (χ0) is 9.10. The summed E-state index contributed by atoms with van der Waals surface area (Å²) >= 11 is 3.41. The van der Waals surface area contributed by atoms with Gasteiger partial charge in [0, 0.05) is 11.1 Å². The van der Waals surface area contributed by atoms with Crippen LogP contribution in [0.25, 0.3) is 0 Å². The highest BCUT2D eigenvalue weighted by atomic mass is 79.9. The van der Waals surface area contributed by atoms with Crippen LogP contribution in [0.4, 0.5) is 0 Å². The van der Waals surface area contributed by atoms with Gasteiger partial charge in [-0.1, -0.05) is 28.1 Å². The van der Waals surface area contributed by atoms with Crippen LogP contribution >= 0.6 is 15.9 Å². The van der Waals surface area contributed by atoms with Crippen molar-refractivity contribution in [1.82, 2.24) is 0 Å². The lowest BCUT2D eigenvalue weighted by Crippen LogP contribution is -1.96. The van der Waals surface area contributed by atoms with Crippen LogP contribution in [0, 0.1) is 5.92 Å². The molecular formula is C11H13BrO. The molecule has 2 heteroatoms. The molecule has 1 fully saturated rings. The normalized spacial score (nSPS) is 16.1. The maximum Gasteiger partial charge on any atom is 0.0717 e. The Labute approximate surface area is 87.2 Å². The van der Waals surface area contributed by atoms with E-state index in [1.807, 2.05) is 0 Å². The first-order valence-electron chi connectivity index (χ1n) is 4.67. The molecule has 1 aliphatic rings. The van der Waals surface area contributed by atoms with E-state index in [9.17, 15) is 0 Å². The van der Waals surface area contributed by atoms with Crippen molar-refractivity contribution < 1.29 is 4.74 Å². The van der Waals surface area contributed by atoms with E-state index in [1.165, 1.54) is 18.4 Å². The predicted octanol–water partition coefficient (Wildman–Crippen LogP) is 3.38. The topological polar surface area (TPSA) is 9.23 Å². The van der Waals surface area contributed by atoms with Crippen LogP contribution in [0.1, 0.15) is 18.4 Å². The third-order valence-electron chi connectivity index (χ3n) is 2.23. The minimum Gasteiger partial charge on any atom is -0.376 e. The largest absolute Gasteiger partial charge is 0.376 e. The molecule has 2 rings (SSSR count). The Balaban J connectivity index is 1.76. The molecule has 1 saturated carbocycles. The van der Waals surface area contributed by atoms with Crippen LogP contribution in [0.3, 0.4) is 0 Å². The molecule has 1 nitrogen and oxygen atoms in total. The Hall–Kier alpha value is -0.340. The van der Waals surface area contributed by atoms with Crippen molar-refractivity contribution in [2.24, 2.45) is 5.92 Å². The molecule has 0 atom stereocenters. The van der Waals surface area contributed by atoms with Gasteiger partial charge in [-0.25, -0.2) is 0 Å². The summed E-state index contributed by atoms with van der Waals surface area (Å²) in [5.41, 5.74) is 1.25. The van der Waals surface area contributed by atoms with Crippen LogP contribution < -0.4 is 0 Å². The van der Waals surface area contributed by atoms with Crippen molar-refractivity contribution in [3.8, 4) is 0 Å². The number of benzene rings is 1. The van der Waals surface area contributed by atoms with E-state index in [-0.39, 0.29) is 0 Å². The maximum absolute atomic E-state index is 5.57. The standard InChI is InChI=1S/C11H13BrO/c12-11-5-3-10(4-6-11)8-13-7-9-1-2-9/h3-6,9H,1-2,7-8H2. The molecule has 0 radical (unpaired) electrons. The number of hydrogen-bond acceptors (Lipinski definition) is 1. The van der Waals surface area contributed by atoms with Crippen molar-refractivity contribution in [3.05, 3.63) is 34.3 Å². The van der Waals surface area contributed by atoms with Gasteiger partial charge in [0.2, 0.25) is 0 Å². The second kappa shape index (κ2) is 4.25. The Morgan fingerprint density at radius 1 is 1.23 bits per heavy atom. The van der Waals surface area contributed by atoms with Gasteiger partial charge in [-0.3, -0.25) is 0 Å². The summed E-state index contributed by atoms with van der Waals surface area (Å²) in [6, 6.07) is 8.29. The maximum atomic E-state index is 5.57. The summed E-state index contributed by atoms with van der Waals surface area (Å²) in [6.45, 7) is 1.69. The van der Waals surface area contributed by atoms with Crippen LogP contribution in [0.2, 0.25) is 0 Å². The van der Waals surface area contributed by atoms with Gasteiger partial charge in [0.25, 0.3) is 0 Å². The lowest BCUT2D eigenvalue weighted by molar-refractivity contribution is 0.111. The van der Waals surface area contributed by atoms with Crippen LogP contribution in [0.5, 0.6) is 0 Å². The fourth-order valence-electron chi connectivity index (χ4n) is 1.21. The Morgan fingerprint density at radius 3 is 2.54 bits per heavy atom.